The number of phenolic OH excluding ortho intramolecular Hbond substituents is 1. The highest BCUT2D eigenvalue weighted by Crippen LogP contribution is 2.21. The molecule has 0 atom stereocenters. The summed E-state index contributed by atoms with van der Waals surface area (Å²) in [4.78, 5) is 0. The molecule has 0 unspecified atom stereocenters. The fourth-order valence-electron chi connectivity index (χ4n) is 0.970. The molecule has 3 nitrogen and oxygen atoms in total. The number of ether oxygens (including phenoxy) is 1. The van der Waals surface area contributed by atoms with Crippen LogP contribution in [0.4, 0.5) is 0 Å². The van der Waals surface area contributed by atoms with Gasteiger partial charge in [-0.3, -0.25) is 0 Å². The van der Waals surface area contributed by atoms with Crippen molar-refractivity contribution in [3.8, 4) is 23.3 Å². The molecule has 0 aliphatic carbocycles. The first kappa shape index (κ1) is 10.4. The maximum atomic E-state index is 9.45. The Morgan fingerprint density at radius 3 is 2.93 bits per heavy atom. The summed E-state index contributed by atoms with van der Waals surface area (Å²) in [6.45, 7) is 0.594. The lowest BCUT2D eigenvalue weighted by atomic mass is 10.2. The van der Waals surface area contributed by atoms with Crippen molar-refractivity contribution in [3.63, 3.8) is 0 Å². The highest BCUT2D eigenvalue weighted by molar-refractivity contribution is 5.49. The van der Waals surface area contributed by atoms with E-state index in [9.17, 15) is 5.11 Å². The van der Waals surface area contributed by atoms with Crippen LogP contribution in [0.2, 0.25) is 0 Å². The van der Waals surface area contributed by atoms with Crippen molar-refractivity contribution in [3.05, 3.63) is 23.8 Å². The first-order valence-corrected chi connectivity index (χ1v) is 4.28. The van der Waals surface area contributed by atoms with Gasteiger partial charge in [0.25, 0.3) is 0 Å². The minimum atomic E-state index is 0.175. The molecule has 0 saturated carbocycles. The van der Waals surface area contributed by atoms with Gasteiger partial charge in [0.05, 0.1) is 19.2 Å². The summed E-state index contributed by atoms with van der Waals surface area (Å²) in [7, 11) is 3.40. The molecule has 74 valence electrons. The molecule has 14 heavy (non-hydrogen) atoms. The summed E-state index contributed by atoms with van der Waals surface area (Å²) < 4.78 is 5.02. The third-order valence-electron chi connectivity index (χ3n) is 1.69. The minimum absolute atomic E-state index is 0.175. The van der Waals surface area contributed by atoms with Crippen molar-refractivity contribution < 1.29 is 9.84 Å². The molecule has 0 spiro atoms. The van der Waals surface area contributed by atoms with Crippen molar-refractivity contribution >= 4 is 0 Å². The smallest absolute Gasteiger partial charge is 0.131 e. The van der Waals surface area contributed by atoms with Gasteiger partial charge in [0.1, 0.15) is 11.5 Å². The summed E-state index contributed by atoms with van der Waals surface area (Å²) in [5, 5.41) is 12.4. The summed E-state index contributed by atoms with van der Waals surface area (Å²) in [6.07, 6.45) is 0. The summed E-state index contributed by atoms with van der Waals surface area (Å²) >= 11 is 0. The molecular formula is C11H13NO2. The van der Waals surface area contributed by atoms with E-state index in [0.29, 0.717) is 17.9 Å². The van der Waals surface area contributed by atoms with Crippen LogP contribution in [0.5, 0.6) is 11.5 Å². The van der Waals surface area contributed by atoms with E-state index in [0.717, 1.165) is 0 Å². The first-order chi connectivity index (χ1) is 6.77. The lowest BCUT2D eigenvalue weighted by Crippen LogP contribution is -2.04. The zero-order valence-electron chi connectivity index (χ0n) is 8.29. The molecule has 0 radical (unpaired) electrons. The standard InChI is InChI=1S/C11H13NO2/c1-12-7-3-4-9-8-10(14-2)5-6-11(9)13/h5-6,8,12-13H,7H2,1-2H3. The molecule has 0 aromatic heterocycles. The molecule has 0 saturated heterocycles. The Morgan fingerprint density at radius 1 is 1.50 bits per heavy atom. The Hall–Kier alpha value is -1.66. The molecule has 0 aliphatic rings. The molecule has 0 heterocycles. The van der Waals surface area contributed by atoms with E-state index in [1.807, 2.05) is 7.05 Å². The van der Waals surface area contributed by atoms with E-state index in [-0.39, 0.29) is 5.75 Å². The van der Waals surface area contributed by atoms with E-state index < -0.39 is 0 Å². The van der Waals surface area contributed by atoms with Crippen LogP contribution in [-0.2, 0) is 0 Å². The van der Waals surface area contributed by atoms with E-state index >= 15 is 0 Å². The Kier molecular flexibility index (Phi) is 3.84. The van der Waals surface area contributed by atoms with Gasteiger partial charge in [-0.25, -0.2) is 0 Å². The molecule has 1 rings (SSSR count). The third kappa shape index (κ3) is 2.68. The number of phenols is 1. The van der Waals surface area contributed by atoms with Crippen LogP contribution < -0.4 is 10.1 Å². The second-order valence-corrected chi connectivity index (χ2v) is 2.72. The van der Waals surface area contributed by atoms with Crippen LogP contribution in [0.25, 0.3) is 0 Å². The molecule has 1 aromatic carbocycles. The Morgan fingerprint density at radius 2 is 2.29 bits per heavy atom. The van der Waals surface area contributed by atoms with Crippen molar-refractivity contribution in [2.45, 2.75) is 0 Å². The SMILES string of the molecule is CNCC#Cc1cc(OC)ccc1O. The summed E-state index contributed by atoms with van der Waals surface area (Å²) in [5.74, 6) is 6.58. The van der Waals surface area contributed by atoms with Gasteiger partial charge >= 0.3 is 0 Å². The third-order valence-corrected chi connectivity index (χ3v) is 1.69. The van der Waals surface area contributed by atoms with Crippen LogP contribution in [0.1, 0.15) is 5.56 Å². The topological polar surface area (TPSA) is 41.5 Å². The van der Waals surface area contributed by atoms with Gasteiger partial charge in [0, 0.05) is 0 Å². The molecule has 3 heteroatoms. The summed E-state index contributed by atoms with van der Waals surface area (Å²) in [6, 6.07) is 4.97. The number of hydrogen-bond donors (Lipinski definition) is 2. The second-order valence-electron chi connectivity index (χ2n) is 2.72. The zero-order valence-corrected chi connectivity index (χ0v) is 8.29. The van der Waals surface area contributed by atoms with Crippen LogP contribution in [0.15, 0.2) is 18.2 Å². The second kappa shape index (κ2) is 5.15. The fraction of sp³-hybridized carbons (Fsp3) is 0.273. The van der Waals surface area contributed by atoms with Crippen LogP contribution in [0, 0.1) is 11.8 Å². The number of rotatable bonds is 2. The van der Waals surface area contributed by atoms with Gasteiger partial charge in [-0.15, -0.1) is 0 Å². The number of benzene rings is 1. The quantitative estimate of drug-likeness (QED) is 0.684. The maximum absolute atomic E-state index is 9.45. The van der Waals surface area contributed by atoms with Crippen molar-refractivity contribution in [1.29, 1.82) is 0 Å². The Labute approximate surface area is 83.7 Å². The van der Waals surface area contributed by atoms with Crippen LogP contribution in [-0.4, -0.2) is 25.8 Å². The number of aromatic hydroxyl groups is 1. The monoisotopic (exact) mass is 191 g/mol. The first-order valence-electron chi connectivity index (χ1n) is 4.28. The Bertz CT molecular complexity index is 363. The van der Waals surface area contributed by atoms with Gasteiger partial charge < -0.3 is 15.2 Å². The number of hydrogen-bond acceptors (Lipinski definition) is 3. The highest BCUT2D eigenvalue weighted by atomic mass is 16.5. The van der Waals surface area contributed by atoms with Gasteiger partial charge in [0.15, 0.2) is 0 Å². The number of methoxy groups -OCH3 is 1. The fourth-order valence-corrected chi connectivity index (χ4v) is 0.970. The van der Waals surface area contributed by atoms with Crippen LogP contribution in [0.3, 0.4) is 0 Å². The molecule has 0 aliphatic heterocycles. The van der Waals surface area contributed by atoms with Gasteiger partial charge in [-0.2, -0.15) is 0 Å². The largest absolute Gasteiger partial charge is 0.507 e. The van der Waals surface area contributed by atoms with Gasteiger partial charge in [-0.1, -0.05) is 11.8 Å². The maximum Gasteiger partial charge on any atom is 0.131 e. The summed E-state index contributed by atoms with van der Waals surface area (Å²) in [5.41, 5.74) is 0.583. The normalized spacial score (nSPS) is 9.00. The zero-order chi connectivity index (χ0) is 10.4. The lowest BCUT2D eigenvalue weighted by Gasteiger charge is -2.01. The van der Waals surface area contributed by atoms with E-state index in [1.54, 1.807) is 25.3 Å². The average molecular weight is 191 g/mol. The predicted octanol–water partition coefficient (Wildman–Crippen LogP) is 0.972. The molecule has 0 amide bonds. The van der Waals surface area contributed by atoms with Gasteiger partial charge in [-0.05, 0) is 25.2 Å². The molecule has 1 aromatic rings. The molecular weight excluding hydrogens is 178 g/mol. The van der Waals surface area contributed by atoms with Gasteiger partial charge in [0.2, 0.25) is 0 Å². The molecule has 0 bridgehead atoms. The van der Waals surface area contributed by atoms with Crippen molar-refractivity contribution in [2.75, 3.05) is 20.7 Å². The Balaban J connectivity index is 2.91. The molecule has 0 fully saturated rings. The van der Waals surface area contributed by atoms with E-state index in [4.69, 9.17) is 4.74 Å². The van der Waals surface area contributed by atoms with Crippen molar-refractivity contribution in [1.82, 2.24) is 5.32 Å². The van der Waals surface area contributed by atoms with Crippen molar-refractivity contribution in [2.24, 2.45) is 0 Å². The van der Waals surface area contributed by atoms with E-state index in [2.05, 4.69) is 17.2 Å². The van der Waals surface area contributed by atoms with E-state index in [1.165, 1.54) is 0 Å². The van der Waals surface area contributed by atoms with Crippen LogP contribution >= 0.6 is 0 Å². The highest BCUT2D eigenvalue weighted by Gasteiger charge is 1.99. The lowest BCUT2D eigenvalue weighted by molar-refractivity contribution is 0.412. The molecule has 2 N–H and O–H groups in total. The predicted molar refractivity (Wildman–Crippen MR) is 55.5 cm³/mol. The minimum Gasteiger partial charge on any atom is -0.507 e. The average Bonchev–Trinajstić information content (AvgIpc) is 2.21. The number of nitrogens with one attached hydrogen (secondary N) is 1.